The molecule has 0 unspecified atom stereocenters. The van der Waals surface area contributed by atoms with E-state index in [4.69, 9.17) is 25.4 Å². The number of amidine groups is 1. The van der Waals surface area contributed by atoms with Crippen LogP contribution < -0.4 is 19.9 Å². The van der Waals surface area contributed by atoms with Crippen LogP contribution in [0.1, 0.15) is 5.56 Å². The Kier molecular flexibility index (Phi) is 5.04. The van der Waals surface area contributed by atoms with Crippen molar-refractivity contribution in [2.24, 2.45) is 5.73 Å². The van der Waals surface area contributed by atoms with Crippen LogP contribution in [0.15, 0.2) is 48.5 Å². The summed E-state index contributed by atoms with van der Waals surface area (Å²) in [6, 6.07) is 14.5. The lowest BCUT2D eigenvalue weighted by atomic mass is 10.2. The third-order valence-corrected chi connectivity index (χ3v) is 2.83. The maximum atomic E-state index is 7.31. The first-order chi connectivity index (χ1) is 10.2. The van der Waals surface area contributed by atoms with Crippen molar-refractivity contribution in [2.75, 3.05) is 20.3 Å². The predicted octanol–water partition coefficient (Wildman–Crippen LogP) is 2.44. The van der Waals surface area contributed by atoms with Gasteiger partial charge in [0.1, 0.15) is 36.3 Å². The molecule has 110 valence electrons. The molecule has 2 aromatic carbocycles. The van der Waals surface area contributed by atoms with E-state index in [1.54, 1.807) is 31.4 Å². The zero-order valence-corrected chi connectivity index (χ0v) is 11.8. The molecule has 0 saturated heterocycles. The zero-order chi connectivity index (χ0) is 15.1. The molecule has 0 aliphatic rings. The molecule has 0 heterocycles. The summed E-state index contributed by atoms with van der Waals surface area (Å²) >= 11 is 0. The van der Waals surface area contributed by atoms with Crippen LogP contribution >= 0.6 is 0 Å². The Hall–Kier alpha value is -2.69. The summed E-state index contributed by atoms with van der Waals surface area (Å²) in [6.07, 6.45) is 0. The van der Waals surface area contributed by atoms with Gasteiger partial charge < -0.3 is 19.9 Å². The minimum absolute atomic E-state index is 0.0444. The second kappa shape index (κ2) is 7.19. The lowest BCUT2D eigenvalue weighted by Crippen LogP contribution is -2.11. The second-order valence-electron chi connectivity index (χ2n) is 4.31. The number of ether oxygens (including phenoxy) is 3. The summed E-state index contributed by atoms with van der Waals surface area (Å²) in [5, 5.41) is 7.31. The first-order valence-corrected chi connectivity index (χ1v) is 6.53. The fraction of sp³-hybridized carbons (Fsp3) is 0.188. The van der Waals surface area contributed by atoms with Gasteiger partial charge in [0.2, 0.25) is 0 Å². The predicted molar refractivity (Wildman–Crippen MR) is 81.4 cm³/mol. The third kappa shape index (κ3) is 4.42. The van der Waals surface area contributed by atoms with Gasteiger partial charge in [0.05, 0.1) is 7.11 Å². The van der Waals surface area contributed by atoms with Crippen LogP contribution in [0.4, 0.5) is 0 Å². The Labute approximate surface area is 123 Å². The van der Waals surface area contributed by atoms with E-state index in [0.717, 1.165) is 11.5 Å². The van der Waals surface area contributed by atoms with Crippen molar-refractivity contribution >= 4 is 5.84 Å². The standard InChI is InChI=1S/C16H18N2O3/c1-19-14-3-2-4-15(11-14)21-10-9-20-13-7-5-12(6-8-13)16(17)18/h2-8,11H,9-10H2,1H3,(H3,17,18). The highest BCUT2D eigenvalue weighted by molar-refractivity contribution is 5.94. The minimum Gasteiger partial charge on any atom is -0.497 e. The Morgan fingerprint density at radius 1 is 0.952 bits per heavy atom. The molecule has 0 aromatic heterocycles. The number of nitrogens with one attached hydrogen (secondary N) is 1. The van der Waals surface area contributed by atoms with E-state index in [1.807, 2.05) is 24.3 Å². The van der Waals surface area contributed by atoms with Crippen LogP contribution in [-0.2, 0) is 0 Å². The second-order valence-corrected chi connectivity index (χ2v) is 4.31. The molecule has 0 fully saturated rings. The average Bonchev–Trinajstić information content (AvgIpc) is 2.52. The number of hydrogen-bond acceptors (Lipinski definition) is 4. The molecule has 2 aromatic rings. The summed E-state index contributed by atoms with van der Waals surface area (Å²) in [5.41, 5.74) is 6.06. The van der Waals surface area contributed by atoms with E-state index in [-0.39, 0.29) is 5.84 Å². The molecule has 0 radical (unpaired) electrons. The zero-order valence-electron chi connectivity index (χ0n) is 11.8. The molecule has 3 N–H and O–H groups in total. The van der Waals surface area contributed by atoms with Crippen molar-refractivity contribution in [3.63, 3.8) is 0 Å². The Morgan fingerprint density at radius 3 is 2.19 bits per heavy atom. The molecular weight excluding hydrogens is 268 g/mol. The van der Waals surface area contributed by atoms with Crippen molar-refractivity contribution in [2.45, 2.75) is 0 Å². The highest BCUT2D eigenvalue weighted by atomic mass is 16.5. The van der Waals surface area contributed by atoms with Crippen molar-refractivity contribution in [1.82, 2.24) is 0 Å². The van der Waals surface area contributed by atoms with Gasteiger partial charge >= 0.3 is 0 Å². The largest absolute Gasteiger partial charge is 0.497 e. The minimum atomic E-state index is 0.0444. The quantitative estimate of drug-likeness (QED) is 0.465. The summed E-state index contributed by atoms with van der Waals surface area (Å²) in [6.45, 7) is 0.859. The first-order valence-electron chi connectivity index (χ1n) is 6.53. The molecule has 0 aliphatic carbocycles. The molecule has 0 aliphatic heterocycles. The topological polar surface area (TPSA) is 77.6 Å². The van der Waals surface area contributed by atoms with Gasteiger partial charge in [-0.3, -0.25) is 5.41 Å². The molecule has 0 atom stereocenters. The Bertz CT molecular complexity index is 597. The number of rotatable bonds is 7. The van der Waals surface area contributed by atoms with Gasteiger partial charge in [-0.15, -0.1) is 0 Å². The van der Waals surface area contributed by atoms with Crippen LogP contribution in [0.25, 0.3) is 0 Å². The average molecular weight is 286 g/mol. The van der Waals surface area contributed by atoms with E-state index in [0.29, 0.717) is 24.5 Å². The Morgan fingerprint density at radius 2 is 1.57 bits per heavy atom. The molecule has 0 spiro atoms. The third-order valence-electron chi connectivity index (χ3n) is 2.83. The van der Waals surface area contributed by atoms with Crippen LogP contribution in [0, 0.1) is 5.41 Å². The van der Waals surface area contributed by atoms with Gasteiger partial charge in [0, 0.05) is 11.6 Å². The SMILES string of the molecule is COc1cccc(OCCOc2ccc(C(=N)N)cc2)c1. The Balaban J connectivity index is 1.77. The monoisotopic (exact) mass is 286 g/mol. The van der Waals surface area contributed by atoms with Crippen LogP contribution in [-0.4, -0.2) is 26.2 Å². The van der Waals surface area contributed by atoms with E-state index in [9.17, 15) is 0 Å². The molecule has 5 nitrogen and oxygen atoms in total. The van der Waals surface area contributed by atoms with Crippen molar-refractivity contribution in [1.29, 1.82) is 5.41 Å². The molecule has 5 heteroatoms. The van der Waals surface area contributed by atoms with Gasteiger partial charge in [0.15, 0.2) is 0 Å². The van der Waals surface area contributed by atoms with E-state index >= 15 is 0 Å². The smallest absolute Gasteiger partial charge is 0.123 e. The molecule has 21 heavy (non-hydrogen) atoms. The maximum Gasteiger partial charge on any atom is 0.123 e. The summed E-state index contributed by atoms with van der Waals surface area (Å²) in [4.78, 5) is 0. The van der Waals surface area contributed by atoms with E-state index in [1.165, 1.54) is 0 Å². The van der Waals surface area contributed by atoms with Gasteiger partial charge in [-0.25, -0.2) is 0 Å². The van der Waals surface area contributed by atoms with Crippen LogP contribution in [0.5, 0.6) is 17.2 Å². The molecular formula is C16H18N2O3. The van der Waals surface area contributed by atoms with Gasteiger partial charge in [-0.05, 0) is 36.4 Å². The normalized spacial score (nSPS) is 9.95. The number of methoxy groups -OCH3 is 1. The first kappa shape index (κ1) is 14.7. The number of nitrogen functional groups attached to an aromatic ring is 1. The molecule has 0 bridgehead atoms. The highest BCUT2D eigenvalue weighted by Crippen LogP contribution is 2.18. The van der Waals surface area contributed by atoms with Crippen molar-refractivity contribution in [3.8, 4) is 17.2 Å². The van der Waals surface area contributed by atoms with Crippen LogP contribution in [0.2, 0.25) is 0 Å². The fourth-order valence-corrected chi connectivity index (χ4v) is 1.74. The van der Waals surface area contributed by atoms with Crippen molar-refractivity contribution < 1.29 is 14.2 Å². The fourth-order valence-electron chi connectivity index (χ4n) is 1.74. The van der Waals surface area contributed by atoms with E-state index in [2.05, 4.69) is 0 Å². The summed E-state index contributed by atoms with van der Waals surface area (Å²) in [7, 11) is 1.62. The van der Waals surface area contributed by atoms with Gasteiger partial charge in [-0.2, -0.15) is 0 Å². The lowest BCUT2D eigenvalue weighted by Gasteiger charge is -2.09. The van der Waals surface area contributed by atoms with Crippen molar-refractivity contribution in [3.05, 3.63) is 54.1 Å². The molecule has 0 amide bonds. The number of nitrogens with two attached hydrogens (primary N) is 1. The maximum absolute atomic E-state index is 7.31. The summed E-state index contributed by atoms with van der Waals surface area (Å²) < 4.78 is 16.2. The highest BCUT2D eigenvalue weighted by Gasteiger charge is 1.99. The van der Waals surface area contributed by atoms with Gasteiger partial charge in [0.25, 0.3) is 0 Å². The van der Waals surface area contributed by atoms with E-state index < -0.39 is 0 Å². The lowest BCUT2D eigenvalue weighted by molar-refractivity contribution is 0.216. The molecule has 0 saturated carbocycles. The number of hydrogen-bond donors (Lipinski definition) is 2. The molecule has 2 rings (SSSR count). The summed E-state index contributed by atoms with van der Waals surface area (Å²) in [5.74, 6) is 2.26. The van der Waals surface area contributed by atoms with Gasteiger partial charge in [-0.1, -0.05) is 6.07 Å². The van der Waals surface area contributed by atoms with Crippen LogP contribution in [0.3, 0.4) is 0 Å². The number of benzene rings is 2.